The number of aldehydes is 2. The molecule has 0 aliphatic heterocycles. The number of alkyl halides is 10. The van der Waals surface area contributed by atoms with Crippen molar-refractivity contribution in [3.63, 3.8) is 0 Å². The van der Waals surface area contributed by atoms with Crippen LogP contribution in [0.3, 0.4) is 0 Å². The average molecular weight is 1710 g/mol. The largest absolute Gasteiger partial charge is 0.450 e. The lowest BCUT2D eigenvalue weighted by Crippen LogP contribution is -2.32. The van der Waals surface area contributed by atoms with Gasteiger partial charge in [-0.15, -0.1) is 11.3 Å². The van der Waals surface area contributed by atoms with Gasteiger partial charge in [-0.1, -0.05) is 0 Å². The van der Waals surface area contributed by atoms with E-state index in [-0.39, 0.29) is 34.6 Å². The summed E-state index contributed by atoms with van der Waals surface area (Å²) in [5, 5.41) is 1.33. The molecule has 0 saturated carbocycles. The standard InChI is InChI=1S/C13H6F5NO2S.C11H7F5O2.C10H4F6O2.C7HF5O.C6H7F3O2.C5H5F3O2.C5H8O2.2C3H6O.C2HF3O/c1-4(12(21)13-19-2-3-22-13)11(20)5-6(14)8(16)10(18)9(17)7(5)15;1-3(4(2)17)11(18)5-6(12)8(14)10(16)9(15)7(5)13;1-2(17)4(11)10(18)3-5(12)7(14)9(16)8(15)6(3)13;8-3-2(1-13)4(9)6(11)7(12)5(3)10;1-3(4(2)10)5(11)6(7,8)9;1-3(9)2-4(10)5(6,7)8;1-4(6)3-5(2)7;2*1-3(2)4;3-2(4,5)1-6/h2-4H,1H3;3H,1-2H3;4H,1H3;1H;3H,1-2H3;2H2,1H3;3H2,1-2H3;2*1-2H3;1H/i;;;1D;;;;;;1D. The first-order valence-electron chi connectivity index (χ1n) is 29.7. The zero-order chi connectivity index (χ0) is 92.7. The summed E-state index contributed by atoms with van der Waals surface area (Å²) in [6.07, 6.45) is -21.9. The zero-order valence-electron chi connectivity index (χ0n) is 60.6. The van der Waals surface area contributed by atoms with E-state index in [9.17, 15) is 204 Å². The number of halogens is 30. The van der Waals surface area contributed by atoms with Crippen LogP contribution in [0.25, 0.3) is 0 Å². The van der Waals surface area contributed by atoms with Gasteiger partial charge in [0, 0.05) is 11.6 Å². The number of aromatic nitrogens is 1. The minimum atomic E-state index is -4.97. The fourth-order valence-corrected chi connectivity index (χ4v) is 6.51. The van der Waals surface area contributed by atoms with E-state index >= 15 is 0 Å². The van der Waals surface area contributed by atoms with E-state index in [0.29, 0.717) is 6.92 Å². The van der Waals surface area contributed by atoms with Crippen LogP contribution in [0.5, 0.6) is 0 Å². The van der Waals surface area contributed by atoms with Crippen molar-refractivity contribution in [1.29, 1.82) is 0 Å². The van der Waals surface area contributed by atoms with Crippen molar-refractivity contribution < 1.29 is 211 Å². The number of rotatable bonds is 17. The number of ketones is 14. The Balaban J connectivity index is -0.000000405. The molecule has 0 fully saturated rings. The molecule has 4 unspecified atom stereocenters. The van der Waals surface area contributed by atoms with Gasteiger partial charge in [-0.3, -0.25) is 67.1 Å². The molecule has 1 aromatic heterocycles. The number of thiazole rings is 1. The molecule has 5 aromatic rings. The number of Topliss-reactive ketones (excluding diaryl/α,β-unsaturated/α-hetero) is 14. The average Bonchev–Trinajstić information content (AvgIpc) is 1.12. The second kappa shape index (κ2) is 48.8. The number of hydrogen-bond donors (Lipinski definition) is 0. The highest BCUT2D eigenvalue weighted by molar-refractivity contribution is 7.11. The molecule has 1 heterocycles. The summed E-state index contributed by atoms with van der Waals surface area (Å²) in [5.41, 5.74) is -6.93. The van der Waals surface area contributed by atoms with Crippen molar-refractivity contribution in [2.75, 3.05) is 0 Å². The Morgan fingerprint density at radius 2 is 0.619 bits per heavy atom. The third-order valence-electron chi connectivity index (χ3n) is 11.3. The van der Waals surface area contributed by atoms with Gasteiger partial charge in [0.05, 0.1) is 52.8 Å². The highest BCUT2D eigenvalue weighted by Crippen LogP contribution is 2.30. The van der Waals surface area contributed by atoms with Crippen LogP contribution in [-0.2, 0) is 52.7 Å². The maximum absolute atomic E-state index is 13.6. The molecular formula is C65H51F30NO16S. The van der Waals surface area contributed by atoms with Crippen molar-refractivity contribution in [3.05, 3.63) is 155 Å². The van der Waals surface area contributed by atoms with E-state index in [4.69, 9.17) is 7.54 Å². The van der Waals surface area contributed by atoms with Gasteiger partial charge in [0.15, 0.2) is 122 Å². The zero-order valence-corrected chi connectivity index (χ0v) is 59.4. The molecule has 0 aliphatic carbocycles. The molecule has 0 spiro atoms. The molecule has 0 aliphatic rings. The number of hydrogen-bond acceptors (Lipinski definition) is 18. The van der Waals surface area contributed by atoms with Crippen LogP contribution < -0.4 is 0 Å². The van der Waals surface area contributed by atoms with E-state index in [0.717, 1.165) is 52.9 Å². The highest BCUT2D eigenvalue weighted by atomic mass is 32.1. The topological polar surface area (TPSA) is 286 Å². The van der Waals surface area contributed by atoms with E-state index < -0.39 is 258 Å². The van der Waals surface area contributed by atoms with Crippen LogP contribution in [0, 0.1) is 134 Å². The molecule has 17 nitrogen and oxygen atoms in total. The van der Waals surface area contributed by atoms with Gasteiger partial charge in [-0.25, -0.2) is 97.2 Å². The van der Waals surface area contributed by atoms with Gasteiger partial charge >= 0.3 is 18.5 Å². The lowest BCUT2D eigenvalue weighted by Gasteiger charge is -2.11. The van der Waals surface area contributed by atoms with Crippen LogP contribution in [0.2, 0.25) is 0 Å². The fourth-order valence-electron chi connectivity index (χ4n) is 5.84. The smallest absolute Gasteiger partial charge is 0.300 e. The van der Waals surface area contributed by atoms with E-state index in [1.165, 1.54) is 53.1 Å². The summed E-state index contributed by atoms with van der Waals surface area (Å²) in [6, 6.07) is 0. The van der Waals surface area contributed by atoms with Crippen molar-refractivity contribution in [1.82, 2.24) is 4.98 Å². The van der Waals surface area contributed by atoms with E-state index in [2.05, 4.69) is 4.98 Å². The van der Waals surface area contributed by atoms with Gasteiger partial charge in [-0.05, 0) is 90.0 Å². The first kappa shape index (κ1) is 106. The van der Waals surface area contributed by atoms with Crippen LogP contribution >= 0.6 is 11.3 Å². The third kappa shape index (κ3) is 36.4. The number of carbonyl (C=O) groups is 16. The molecule has 628 valence electrons. The SMILES string of the molecule is CC(=O)C(C)C(=O)C(F)(F)F.CC(=O)C(C)C(=O)c1c(F)c(F)c(F)c(F)c1F.CC(=O)C(F)C(=O)c1c(F)c(F)c(F)c(F)c1F.CC(=O)CC(=O)C(F)(F)F.CC(=O)CC(C)=O.CC(C(=O)c1nccs1)C(=O)c1c(F)c(F)c(F)c(F)c1F.CC(C)=O.CC(C)=O.[2H]C(=O)C(F)(F)F.[2H]C(=O)c1c(F)c(F)c(F)c(F)c1F. The van der Waals surface area contributed by atoms with Crippen molar-refractivity contribution in [3.8, 4) is 0 Å². The van der Waals surface area contributed by atoms with Gasteiger partial charge in [0.1, 0.15) is 43.2 Å². The fraction of sp³-hybridized carbons (Fsp3) is 0.338. The Morgan fingerprint density at radius 1 is 0.372 bits per heavy atom. The van der Waals surface area contributed by atoms with Crippen LogP contribution in [0.1, 0.15) is 157 Å². The third-order valence-corrected chi connectivity index (χ3v) is 12.1. The predicted octanol–water partition coefficient (Wildman–Crippen LogP) is 15.9. The Kier molecular flexibility index (Phi) is 45.9. The molecule has 0 radical (unpaired) electrons. The predicted molar refractivity (Wildman–Crippen MR) is 322 cm³/mol. The summed E-state index contributed by atoms with van der Waals surface area (Å²) in [7, 11) is 0. The number of carbonyl (C=O) groups excluding carboxylic acids is 16. The lowest BCUT2D eigenvalue weighted by molar-refractivity contribution is -0.175. The van der Waals surface area contributed by atoms with Gasteiger partial charge in [-0.2, -0.15) is 39.5 Å². The molecule has 0 amide bonds. The Hall–Kier alpha value is -10.9. The maximum atomic E-state index is 13.6. The minimum Gasteiger partial charge on any atom is -0.300 e. The van der Waals surface area contributed by atoms with Crippen molar-refractivity contribution in [2.24, 2.45) is 17.8 Å². The Morgan fingerprint density at radius 3 is 0.796 bits per heavy atom. The second-order valence-electron chi connectivity index (χ2n) is 21.2. The first-order valence-corrected chi connectivity index (χ1v) is 29.6. The van der Waals surface area contributed by atoms with E-state index in [1.807, 2.05) is 0 Å². The monoisotopic (exact) mass is 1710 g/mol. The van der Waals surface area contributed by atoms with Gasteiger partial charge in [0.2, 0.25) is 58.8 Å². The van der Waals surface area contributed by atoms with Gasteiger partial charge in [0.25, 0.3) is 0 Å². The second-order valence-corrected chi connectivity index (χ2v) is 22.1. The maximum Gasteiger partial charge on any atom is 0.450 e. The summed E-state index contributed by atoms with van der Waals surface area (Å²) in [4.78, 5) is 170. The first-order chi connectivity index (χ1) is 51.7. The minimum absolute atomic E-state index is 0.0625. The van der Waals surface area contributed by atoms with Crippen LogP contribution in [0.4, 0.5) is 132 Å². The number of benzene rings is 4. The molecule has 4 aromatic carbocycles. The molecule has 5 rings (SSSR count). The number of nitrogens with zero attached hydrogens (tertiary/aromatic N) is 1. The molecule has 0 bridgehead atoms. The molecule has 4 atom stereocenters. The quantitative estimate of drug-likeness (QED) is 0.0209. The Bertz CT molecular complexity index is 4260. The van der Waals surface area contributed by atoms with Gasteiger partial charge < -0.3 is 9.59 Å². The summed E-state index contributed by atoms with van der Waals surface area (Å²) < 4.78 is 383. The molecule has 113 heavy (non-hydrogen) atoms. The van der Waals surface area contributed by atoms with Crippen molar-refractivity contribution in [2.45, 2.75) is 128 Å². The normalized spacial score (nSPS) is 11.7. The molecular weight excluding hydrogens is 1650 g/mol. The molecule has 0 saturated heterocycles. The highest BCUT2D eigenvalue weighted by Gasteiger charge is 2.44. The van der Waals surface area contributed by atoms with Crippen LogP contribution in [-0.4, -0.2) is 123 Å². The summed E-state index contributed by atoms with van der Waals surface area (Å²) in [5.74, 6) is -64.3. The Labute approximate surface area is 620 Å². The van der Waals surface area contributed by atoms with E-state index in [1.54, 1.807) is 0 Å². The molecule has 48 heteroatoms. The van der Waals surface area contributed by atoms with Crippen molar-refractivity contribution >= 4 is 105 Å². The lowest BCUT2D eigenvalue weighted by atomic mass is 9.94. The summed E-state index contributed by atoms with van der Waals surface area (Å²) in [6.45, 7) is 15.3. The molecule has 0 N–H and O–H groups in total. The van der Waals surface area contributed by atoms with Crippen LogP contribution in [0.15, 0.2) is 11.6 Å². The summed E-state index contributed by atoms with van der Waals surface area (Å²) >= 11 is 0.881.